The average Bonchev–Trinajstić information content (AvgIpc) is 3.11. The Morgan fingerprint density at radius 2 is 2.20 bits per heavy atom. The highest BCUT2D eigenvalue weighted by atomic mass is 32.2. The number of ether oxygens (including phenoxy) is 2. The minimum Gasteiger partial charge on any atom is -0.381 e. The van der Waals surface area contributed by atoms with Crippen molar-refractivity contribution < 1.29 is 14.3 Å². The normalized spacial score (nSPS) is 27.9. The molecule has 0 unspecified atom stereocenters. The van der Waals surface area contributed by atoms with E-state index in [1.54, 1.807) is 11.8 Å². The molecular formula is C15H25NO3S. The summed E-state index contributed by atoms with van der Waals surface area (Å²) in [6.07, 6.45) is 6.88. The van der Waals surface area contributed by atoms with Crippen LogP contribution in [0.25, 0.3) is 0 Å². The second-order valence-corrected chi connectivity index (χ2v) is 7.25. The highest BCUT2D eigenvalue weighted by Crippen LogP contribution is 2.41. The first kappa shape index (κ1) is 14.7. The molecule has 3 rings (SSSR count). The van der Waals surface area contributed by atoms with E-state index in [1.165, 1.54) is 12.8 Å². The van der Waals surface area contributed by atoms with Crippen molar-refractivity contribution in [2.24, 2.45) is 11.8 Å². The maximum absolute atomic E-state index is 11.8. The van der Waals surface area contributed by atoms with Gasteiger partial charge < -0.3 is 14.4 Å². The molecule has 3 fully saturated rings. The van der Waals surface area contributed by atoms with Gasteiger partial charge in [-0.25, -0.2) is 0 Å². The van der Waals surface area contributed by atoms with Gasteiger partial charge in [-0.3, -0.25) is 4.79 Å². The molecule has 0 N–H and O–H groups in total. The average molecular weight is 299 g/mol. The Morgan fingerprint density at radius 1 is 1.40 bits per heavy atom. The fraction of sp³-hybridized carbons (Fsp3) is 0.933. The van der Waals surface area contributed by atoms with E-state index in [1.807, 2.05) is 11.2 Å². The van der Waals surface area contributed by atoms with Crippen molar-refractivity contribution in [1.29, 1.82) is 0 Å². The molecule has 0 aromatic carbocycles. The summed E-state index contributed by atoms with van der Waals surface area (Å²) >= 11 is 1.59. The Bertz CT molecular complexity index is 353. The van der Waals surface area contributed by atoms with Crippen LogP contribution < -0.4 is 0 Å². The number of thioether (sulfide) groups is 1. The first-order chi connectivity index (χ1) is 9.73. The summed E-state index contributed by atoms with van der Waals surface area (Å²) in [5, 5.41) is 0. The van der Waals surface area contributed by atoms with E-state index in [0.29, 0.717) is 11.7 Å². The van der Waals surface area contributed by atoms with Crippen LogP contribution in [0.4, 0.5) is 0 Å². The van der Waals surface area contributed by atoms with Crippen LogP contribution >= 0.6 is 11.8 Å². The molecule has 5 heteroatoms. The summed E-state index contributed by atoms with van der Waals surface area (Å²) in [4.78, 5) is 13.8. The molecule has 1 aliphatic carbocycles. The van der Waals surface area contributed by atoms with E-state index < -0.39 is 0 Å². The van der Waals surface area contributed by atoms with Crippen molar-refractivity contribution in [3.8, 4) is 0 Å². The molecule has 2 heterocycles. The van der Waals surface area contributed by atoms with Crippen LogP contribution in [0.15, 0.2) is 0 Å². The summed E-state index contributed by atoms with van der Waals surface area (Å²) < 4.78 is 11.7. The maximum Gasteiger partial charge on any atom is 0.232 e. The number of carbonyl (C=O) groups is 1. The predicted molar refractivity (Wildman–Crippen MR) is 79.9 cm³/mol. The summed E-state index contributed by atoms with van der Waals surface area (Å²) in [5.41, 5.74) is -0.0446. The van der Waals surface area contributed by atoms with E-state index in [9.17, 15) is 4.79 Å². The number of nitrogens with zero attached hydrogens (tertiary/aromatic N) is 1. The van der Waals surface area contributed by atoms with Gasteiger partial charge in [-0.05, 0) is 43.8 Å². The van der Waals surface area contributed by atoms with Gasteiger partial charge in [0.05, 0.1) is 18.8 Å². The lowest BCUT2D eigenvalue weighted by atomic mass is 9.79. The third kappa shape index (κ3) is 3.15. The first-order valence-electron chi connectivity index (χ1n) is 7.72. The third-order valence-electron chi connectivity index (χ3n) is 4.80. The number of carbonyl (C=O) groups excluding carboxylic acids is 1. The molecule has 114 valence electrons. The molecule has 4 nitrogen and oxygen atoms in total. The van der Waals surface area contributed by atoms with Gasteiger partial charge in [0.1, 0.15) is 5.60 Å². The van der Waals surface area contributed by atoms with Gasteiger partial charge in [-0.15, -0.1) is 0 Å². The molecule has 0 aromatic heterocycles. The van der Waals surface area contributed by atoms with E-state index in [4.69, 9.17) is 9.47 Å². The summed E-state index contributed by atoms with van der Waals surface area (Å²) in [6, 6.07) is 0. The molecule has 20 heavy (non-hydrogen) atoms. The molecule has 3 aliphatic rings. The fourth-order valence-corrected chi connectivity index (χ4v) is 3.72. The second kappa shape index (κ2) is 6.24. The van der Waals surface area contributed by atoms with Gasteiger partial charge in [0.15, 0.2) is 0 Å². The molecule has 0 aromatic rings. The molecule has 1 atom stereocenters. The van der Waals surface area contributed by atoms with Gasteiger partial charge in [0.2, 0.25) is 5.91 Å². The number of likely N-dealkylation sites (tertiary alicyclic amines) is 1. The quantitative estimate of drug-likeness (QED) is 0.672. The van der Waals surface area contributed by atoms with Gasteiger partial charge >= 0.3 is 0 Å². The Labute approximate surface area is 125 Å². The lowest BCUT2D eigenvalue weighted by Crippen LogP contribution is -2.66. The van der Waals surface area contributed by atoms with Crippen molar-refractivity contribution in [3.05, 3.63) is 0 Å². The highest BCUT2D eigenvalue weighted by Gasteiger charge is 2.53. The van der Waals surface area contributed by atoms with E-state index in [0.717, 1.165) is 51.7 Å². The second-order valence-electron chi connectivity index (χ2n) is 6.39. The Kier molecular flexibility index (Phi) is 4.58. The van der Waals surface area contributed by atoms with Crippen LogP contribution in [0.5, 0.6) is 0 Å². The van der Waals surface area contributed by atoms with Gasteiger partial charge in [-0.2, -0.15) is 11.8 Å². The topological polar surface area (TPSA) is 38.8 Å². The molecule has 1 amide bonds. The number of amides is 1. The molecule has 0 radical (unpaired) electrons. The lowest BCUT2D eigenvalue weighted by molar-refractivity contribution is -0.163. The van der Waals surface area contributed by atoms with Crippen LogP contribution in [0.3, 0.4) is 0 Å². The van der Waals surface area contributed by atoms with Crippen LogP contribution in [0, 0.1) is 11.8 Å². The number of rotatable bonds is 7. The fourth-order valence-electron chi connectivity index (χ4n) is 3.29. The van der Waals surface area contributed by atoms with Gasteiger partial charge in [-0.1, -0.05) is 0 Å². The van der Waals surface area contributed by atoms with Crippen molar-refractivity contribution in [3.63, 3.8) is 0 Å². The largest absolute Gasteiger partial charge is 0.381 e. The smallest absolute Gasteiger partial charge is 0.232 e. The number of hydrogen-bond donors (Lipinski definition) is 0. The molecule has 0 bridgehead atoms. The van der Waals surface area contributed by atoms with E-state index in [2.05, 4.69) is 0 Å². The van der Waals surface area contributed by atoms with Crippen molar-refractivity contribution in [2.45, 2.75) is 31.3 Å². The van der Waals surface area contributed by atoms with Crippen LogP contribution in [-0.2, 0) is 14.3 Å². The SMILES string of the molecule is CSCC(=O)N1CC2(C1)OCC[C@@H]2CCOCC1CC1. The van der Waals surface area contributed by atoms with E-state index in [-0.39, 0.29) is 11.5 Å². The predicted octanol–water partition coefficient (Wildman–Crippen LogP) is 1.78. The molecule has 1 spiro atoms. The summed E-state index contributed by atoms with van der Waals surface area (Å²) in [5.74, 6) is 2.25. The Balaban J connectivity index is 1.40. The molecule has 2 aliphatic heterocycles. The molecular weight excluding hydrogens is 274 g/mol. The third-order valence-corrected chi connectivity index (χ3v) is 5.33. The van der Waals surface area contributed by atoms with Crippen LogP contribution in [0.2, 0.25) is 0 Å². The monoisotopic (exact) mass is 299 g/mol. The zero-order chi connectivity index (χ0) is 14.0. The van der Waals surface area contributed by atoms with Crippen molar-refractivity contribution in [1.82, 2.24) is 4.90 Å². The van der Waals surface area contributed by atoms with Crippen molar-refractivity contribution >= 4 is 17.7 Å². The summed E-state index contributed by atoms with van der Waals surface area (Å²) in [7, 11) is 0. The maximum atomic E-state index is 11.8. The van der Waals surface area contributed by atoms with E-state index >= 15 is 0 Å². The Morgan fingerprint density at radius 3 is 2.90 bits per heavy atom. The molecule has 1 saturated carbocycles. The Hall–Kier alpha value is -0.260. The van der Waals surface area contributed by atoms with Crippen LogP contribution in [0.1, 0.15) is 25.7 Å². The minimum absolute atomic E-state index is 0.0446. The zero-order valence-corrected chi connectivity index (χ0v) is 13.1. The first-order valence-corrected chi connectivity index (χ1v) is 9.11. The van der Waals surface area contributed by atoms with Gasteiger partial charge in [0, 0.05) is 19.8 Å². The van der Waals surface area contributed by atoms with Crippen molar-refractivity contribution in [2.75, 3.05) is 44.9 Å². The highest BCUT2D eigenvalue weighted by molar-refractivity contribution is 7.99. The lowest BCUT2D eigenvalue weighted by Gasteiger charge is -2.50. The molecule has 2 saturated heterocycles. The minimum atomic E-state index is -0.0446. The number of hydrogen-bond acceptors (Lipinski definition) is 4. The standard InChI is InChI=1S/C15H25NO3S/c1-20-9-14(17)16-10-15(11-16)13(5-7-19-15)4-6-18-8-12-2-3-12/h12-13H,2-11H2,1H3/t13-/m0/s1. The van der Waals surface area contributed by atoms with Gasteiger partial charge in [0.25, 0.3) is 0 Å². The zero-order valence-electron chi connectivity index (χ0n) is 12.3. The van der Waals surface area contributed by atoms with Crippen LogP contribution in [-0.4, -0.2) is 61.3 Å². The summed E-state index contributed by atoms with van der Waals surface area (Å²) in [6.45, 7) is 4.22.